The fourth-order valence-electron chi connectivity index (χ4n) is 2.17. The van der Waals surface area contributed by atoms with E-state index in [0.717, 1.165) is 0 Å². The lowest BCUT2D eigenvalue weighted by atomic mass is 10.2. The lowest BCUT2D eigenvalue weighted by Crippen LogP contribution is -2.18. The van der Waals surface area contributed by atoms with E-state index in [1.807, 2.05) is 42.3 Å². The summed E-state index contributed by atoms with van der Waals surface area (Å²) in [6, 6.07) is 14.4. The van der Waals surface area contributed by atoms with E-state index >= 15 is 0 Å². The first kappa shape index (κ1) is 16.1. The number of benzene rings is 2. The van der Waals surface area contributed by atoms with Gasteiger partial charge in [0.2, 0.25) is 5.95 Å². The molecule has 0 radical (unpaired) electrons. The smallest absolute Gasteiger partial charge is 0.249 e. The zero-order valence-corrected chi connectivity index (χ0v) is 13.7. The zero-order valence-electron chi connectivity index (χ0n) is 12.9. The van der Waals surface area contributed by atoms with Gasteiger partial charge in [0, 0.05) is 19.3 Å². The zero-order chi connectivity index (χ0) is 16.9. The molecule has 0 saturated heterocycles. The van der Waals surface area contributed by atoms with Crippen LogP contribution in [0.1, 0.15) is 5.56 Å². The molecule has 0 amide bonds. The molecule has 3 rings (SSSR count). The van der Waals surface area contributed by atoms with Gasteiger partial charge in [0.15, 0.2) is 5.82 Å². The topological polar surface area (TPSA) is 53.9 Å². The van der Waals surface area contributed by atoms with Crippen LogP contribution in [0.15, 0.2) is 54.7 Å². The van der Waals surface area contributed by atoms with Gasteiger partial charge >= 0.3 is 0 Å². The standard InChI is InChI=1S/C17H15ClFN5/c1-24(11-12-5-3-2-4-6-12)16-10-20-23-17(22-16)21-13-7-8-15(19)14(18)9-13/h2-10H,11H2,1H3,(H,21,22,23). The second-order valence-corrected chi connectivity index (χ2v) is 5.64. The lowest BCUT2D eigenvalue weighted by molar-refractivity contribution is 0.628. The van der Waals surface area contributed by atoms with Crippen LogP contribution in [0.4, 0.5) is 21.8 Å². The normalized spacial score (nSPS) is 10.5. The Hall–Kier alpha value is -2.73. The summed E-state index contributed by atoms with van der Waals surface area (Å²) in [6.45, 7) is 0.696. The average Bonchev–Trinajstić information content (AvgIpc) is 2.59. The van der Waals surface area contributed by atoms with Crippen LogP contribution in [0.2, 0.25) is 5.02 Å². The third kappa shape index (κ3) is 3.97. The molecular weight excluding hydrogens is 329 g/mol. The van der Waals surface area contributed by atoms with Crippen LogP contribution in [-0.4, -0.2) is 22.2 Å². The molecular formula is C17H15ClFN5. The summed E-state index contributed by atoms with van der Waals surface area (Å²) in [4.78, 5) is 6.39. The first-order chi connectivity index (χ1) is 11.6. The van der Waals surface area contributed by atoms with Crippen LogP contribution in [0, 0.1) is 5.82 Å². The fourth-order valence-corrected chi connectivity index (χ4v) is 2.35. The maximum atomic E-state index is 13.2. The second kappa shape index (κ2) is 7.23. The number of aromatic nitrogens is 3. The number of nitrogens with one attached hydrogen (secondary N) is 1. The number of halogens is 2. The van der Waals surface area contributed by atoms with Gasteiger partial charge in [0.25, 0.3) is 0 Å². The largest absolute Gasteiger partial charge is 0.354 e. The number of anilines is 3. The molecule has 0 spiro atoms. The van der Waals surface area contributed by atoms with E-state index < -0.39 is 5.82 Å². The molecule has 122 valence electrons. The molecule has 7 heteroatoms. The summed E-state index contributed by atoms with van der Waals surface area (Å²) in [5, 5.41) is 10.9. The molecule has 2 aromatic carbocycles. The molecule has 3 aromatic rings. The van der Waals surface area contributed by atoms with Crippen molar-refractivity contribution in [2.75, 3.05) is 17.3 Å². The van der Waals surface area contributed by atoms with Crippen molar-refractivity contribution in [3.63, 3.8) is 0 Å². The van der Waals surface area contributed by atoms with Crippen molar-refractivity contribution in [1.29, 1.82) is 0 Å². The van der Waals surface area contributed by atoms with Crippen molar-refractivity contribution < 1.29 is 4.39 Å². The molecule has 24 heavy (non-hydrogen) atoms. The summed E-state index contributed by atoms with van der Waals surface area (Å²) < 4.78 is 13.2. The van der Waals surface area contributed by atoms with E-state index in [1.54, 1.807) is 12.3 Å². The Kier molecular flexibility index (Phi) is 4.86. The maximum Gasteiger partial charge on any atom is 0.249 e. The van der Waals surface area contributed by atoms with E-state index in [0.29, 0.717) is 24.0 Å². The molecule has 0 atom stereocenters. The van der Waals surface area contributed by atoms with Crippen molar-refractivity contribution in [3.8, 4) is 0 Å². The second-order valence-electron chi connectivity index (χ2n) is 5.23. The van der Waals surface area contributed by atoms with Crippen LogP contribution in [0.25, 0.3) is 0 Å². The van der Waals surface area contributed by atoms with Crippen LogP contribution in [0.5, 0.6) is 0 Å². The van der Waals surface area contributed by atoms with Crippen LogP contribution < -0.4 is 10.2 Å². The highest BCUT2D eigenvalue weighted by molar-refractivity contribution is 6.31. The molecule has 0 bridgehead atoms. The van der Waals surface area contributed by atoms with Gasteiger partial charge in [-0.1, -0.05) is 41.9 Å². The fraction of sp³-hybridized carbons (Fsp3) is 0.118. The first-order valence-corrected chi connectivity index (χ1v) is 7.66. The molecule has 1 N–H and O–H groups in total. The van der Waals surface area contributed by atoms with Gasteiger partial charge in [0.1, 0.15) is 5.82 Å². The minimum atomic E-state index is -0.474. The Balaban J connectivity index is 1.74. The molecule has 1 heterocycles. The van der Waals surface area contributed by atoms with E-state index in [-0.39, 0.29) is 5.02 Å². The highest BCUT2D eigenvalue weighted by Crippen LogP contribution is 2.22. The van der Waals surface area contributed by atoms with Crippen LogP contribution in [0.3, 0.4) is 0 Å². The van der Waals surface area contributed by atoms with Gasteiger partial charge in [-0.25, -0.2) is 4.39 Å². The van der Waals surface area contributed by atoms with E-state index in [9.17, 15) is 4.39 Å². The lowest BCUT2D eigenvalue weighted by Gasteiger charge is -2.18. The summed E-state index contributed by atoms with van der Waals surface area (Å²) in [7, 11) is 1.93. The molecule has 0 aliphatic carbocycles. The van der Waals surface area contributed by atoms with Gasteiger partial charge in [-0.05, 0) is 23.8 Å². The monoisotopic (exact) mass is 343 g/mol. The molecule has 1 aromatic heterocycles. The van der Waals surface area contributed by atoms with Crippen LogP contribution >= 0.6 is 11.6 Å². The Morgan fingerprint density at radius 2 is 1.96 bits per heavy atom. The van der Waals surface area contributed by atoms with Gasteiger partial charge in [-0.15, -0.1) is 5.10 Å². The van der Waals surface area contributed by atoms with Gasteiger partial charge in [0.05, 0.1) is 11.2 Å². The van der Waals surface area contributed by atoms with Crippen molar-refractivity contribution in [3.05, 3.63) is 71.1 Å². The third-order valence-corrected chi connectivity index (χ3v) is 3.67. The van der Waals surface area contributed by atoms with Crippen molar-refractivity contribution >= 4 is 29.1 Å². The summed E-state index contributed by atoms with van der Waals surface area (Å²) >= 11 is 5.77. The number of hydrogen-bond acceptors (Lipinski definition) is 5. The van der Waals surface area contributed by atoms with Crippen molar-refractivity contribution in [1.82, 2.24) is 15.2 Å². The molecule has 0 aliphatic heterocycles. The van der Waals surface area contributed by atoms with Gasteiger partial charge in [-0.2, -0.15) is 10.1 Å². The number of rotatable bonds is 5. The Morgan fingerprint density at radius 3 is 2.71 bits per heavy atom. The quantitative estimate of drug-likeness (QED) is 0.757. The predicted molar refractivity (Wildman–Crippen MR) is 93.1 cm³/mol. The van der Waals surface area contributed by atoms with Gasteiger partial charge < -0.3 is 10.2 Å². The minimum Gasteiger partial charge on any atom is -0.354 e. The summed E-state index contributed by atoms with van der Waals surface area (Å²) in [5.74, 6) is 0.511. The van der Waals surface area contributed by atoms with E-state index in [2.05, 4.69) is 20.5 Å². The maximum absolute atomic E-state index is 13.2. The van der Waals surface area contributed by atoms with E-state index in [4.69, 9.17) is 11.6 Å². The summed E-state index contributed by atoms with van der Waals surface area (Å²) in [6.07, 6.45) is 1.59. The SMILES string of the molecule is CN(Cc1ccccc1)c1cnnc(Nc2ccc(F)c(Cl)c2)n1. The molecule has 0 unspecified atom stereocenters. The third-order valence-electron chi connectivity index (χ3n) is 3.38. The Morgan fingerprint density at radius 1 is 1.17 bits per heavy atom. The molecule has 5 nitrogen and oxygen atoms in total. The van der Waals surface area contributed by atoms with E-state index in [1.165, 1.54) is 17.7 Å². The van der Waals surface area contributed by atoms with Gasteiger partial charge in [-0.3, -0.25) is 0 Å². The Labute approximate surface area is 144 Å². The highest BCUT2D eigenvalue weighted by atomic mass is 35.5. The number of hydrogen-bond donors (Lipinski definition) is 1. The minimum absolute atomic E-state index is 0.0327. The van der Waals surface area contributed by atoms with Crippen molar-refractivity contribution in [2.24, 2.45) is 0 Å². The molecule has 0 aliphatic rings. The highest BCUT2D eigenvalue weighted by Gasteiger charge is 2.08. The number of nitrogens with zero attached hydrogens (tertiary/aromatic N) is 4. The first-order valence-electron chi connectivity index (χ1n) is 7.28. The Bertz CT molecular complexity index is 828. The molecule has 0 saturated carbocycles. The van der Waals surface area contributed by atoms with Crippen LogP contribution in [-0.2, 0) is 6.54 Å². The van der Waals surface area contributed by atoms with Crippen molar-refractivity contribution in [2.45, 2.75) is 6.54 Å². The molecule has 0 fully saturated rings. The summed E-state index contributed by atoms with van der Waals surface area (Å²) in [5.41, 5.74) is 1.75. The predicted octanol–water partition coefficient (Wildman–Crippen LogP) is 4.04. The average molecular weight is 344 g/mol.